The summed E-state index contributed by atoms with van der Waals surface area (Å²) in [4.78, 5) is 11.2. The number of nitrogens with one attached hydrogen (secondary N) is 1. The van der Waals surface area contributed by atoms with Crippen LogP contribution >= 0.6 is 11.6 Å². The van der Waals surface area contributed by atoms with E-state index in [-0.39, 0.29) is 10.6 Å². The van der Waals surface area contributed by atoms with Crippen LogP contribution in [0.15, 0.2) is 36.7 Å². The first-order valence-corrected chi connectivity index (χ1v) is 12.1. The third-order valence-corrected chi connectivity index (χ3v) is 7.51. The average Bonchev–Trinajstić information content (AvgIpc) is 3.44. The van der Waals surface area contributed by atoms with Crippen LogP contribution in [-0.4, -0.2) is 66.2 Å². The maximum atomic E-state index is 13.6. The van der Waals surface area contributed by atoms with E-state index >= 15 is 0 Å². The number of rotatable bonds is 7. The van der Waals surface area contributed by atoms with Crippen LogP contribution in [-0.2, 0) is 9.47 Å². The Morgan fingerprint density at radius 1 is 1.11 bits per heavy atom. The Hall–Kier alpha value is -2.72. The van der Waals surface area contributed by atoms with Crippen molar-refractivity contribution in [3.63, 3.8) is 0 Å². The van der Waals surface area contributed by atoms with Crippen molar-refractivity contribution in [3.8, 4) is 11.5 Å². The number of aromatic nitrogens is 2. The van der Waals surface area contributed by atoms with Crippen LogP contribution in [0.5, 0.6) is 11.5 Å². The summed E-state index contributed by atoms with van der Waals surface area (Å²) in [6, 6.07) is 8.11. The second-order valence-electron chi connectivity index (χ2n) is 9.06. The largest absolute Gasteiger partial charge is 0.493 e. The lowest BCUT2D eigenvalue weighted by Gasteiger charge is -2.33. The van der Waals surface area contributed by atoms with Gasteiger partial charge >= 0.3 is 0 Å². The molecular formula is C25H26ClFN4O4. The number of methoxy groups -OCH3 is 1. The summed E-state index contributed by atoms with van der Waals surface area (Å²) in [5, 5.41) is 3.97. The third kappa shape index (κ3) is 3.87. The van der Waals surface area contributed by atoms with Gasteiger partial charge in [0.25, 0.3) is 0 Å². The molecule has 0 radical (unpaired) electrons. The molecule has 0 unspecified atom stereocenters. The second-order valence-corrected chi connectivity index (χ2v) is 9.47. The van der Waals surface area contributed by atoms with Crippen LogP contribution in [0.3, 0.4) is 0 Å². The molecule has 1 aliphatic carbocycles. The number of hydrogen-bond acceptors (Lipinski definition) is 8. The molecule has 2 aromatic carbocycles. The Kier molecular flexibility index (Phi) is 5.68. The number of likely N-dealkylation sites (tertiary alicyclic amines) is 1. The summed E-state index contributed by atoms with van der Waals surface area (Å²) in [6.45, 7) is 3.52. The van der Waals surface area contributed by atoms with E-state index in [4.69, 9.17) is 30.5 Å². The molecule has 35 heavy (non-hydrogen) atoms. The van der Waals surface area contributed by atoms with Gasteiger partial charge in [0.05, 0.1) is 36.4 Å². The molecule has 1 aromatic heterocycles. The lowest BCUT2D eigenvalue weighted by molar-refractivity contribution is -0.182. The highest BCUT2D eigenvalue weighted by Gasteiger charge is 2.69. The Labute approximate surface area is 207 Å². The summed E-state index contributed by atoms with van der Waals surface area (Å²) in [6.07, 6.45) is 4.53. The van der Waals surface area contributed by atoms with Crippen LogP contribution in [0.25, 0.3) is 10.9 Å². The van der Waals surface area contributed by atoms with E-state index in [1.165, 1.54) is 18.5 Å². The van der Waals surface area contributed by atoms with Gasteiger partial charge in [0.2, 0.25) is 0 Å². The number of benzene rings is 2. The molecule has 3 aromatic rings. The lowest BCUT2D eigenvalue weighted by Crippen LogP contribution is -2.49. The zero-order chi connectivity index (χ0) is 24.0. The molecule has 2 saturated heterocycles. The molecule has 0 bridgehead atoms. The normalized spacial score (nSPS) is 20.1. The quantitative estimate of drug-likeness (QED) is 0.507. The number of halogens is 2. The fourth-order valence-corrected chi connectivity index (χ4v) is 5.57. The van der Waals surface area contributed by atoms with Crippen molar-refractivity contribution in [2.75, 3.05) is 45.3 Å². The first-order valence-electron chi connectivity index (χ1n) is 11.7. The van der Waals surface area contributed by atoms with Crippen molar-refractivity contribution >= 4 is 34.0 Å². The SMILES string of the molecule is COc1cc2ncnc(Nc3ccc(F)c(Cl)c3)c2cc1OCCN1CCC2(OCCO2)C12CC2. The molecule has 184 valence electrons. The monoisotopic (exact) mass is 500 g/mol. The zero-order valence-electron chi connectivity index (χ0n) is 19.4. The molecular weight excluding hydrogens is 475 g/mol. The van der Waals surface area contributed by atoms with E-state index in [1.54, 1.807) is 13.2 Å². The molecule has 0 amide bonds. The lowest BCUT2D eigenvalue weighted by atomic mass is 10.1. The summed E-state index contributed by atoms with van der Waals surface area (Å²) >= 11 is 5.93. The topological polar surface area (TPSA) is 78.0 Å². The van der Waals surface area contributed by atoms with E-state index in [0.29, 0.717) is 48.3 Å². The number of hydrogen-bond donors (Lipinski definition) is 1. The maximum Gasteiger partial charge on any atom is 0.188 e. The molecule has 6 rings (SSSR count). The van der Waals surface area contributed by atoms with Gasteiger partial charge in [0, 0.05) is 36.7 Å². The average molecular weight is 501 g/mol. The number of fused-ring (bicyclic) bond motifs is 2. The first-order chi connectivity index (χ1) is 17.0. The standard InChI is InChI=1S/C25H26ClFN4O4/c1-32-21-14-20-17(23(29-15-28-20)30-16-2-3-19(27)18(26)12-16)13-22(21)33-9-8-31-7-6-25(24(31)4-5-24)34-10-11-35-25/h2-3,12-15H,4-11H2,1H3,(H,28,29,30). The van der Waals surface area contributed by atoms with Gasteiger partial charge in [-0.1, -0.05) is 11.6 Å². The zero-order valence-corrected chi connectivity index (χ0v) is 20.1. The molecule has 3 aliphatic rings. The summed E-state index contributed by atoms with van der Waals surface area (Å²) in [5.74, 6) is 0.831. The number of nitrogens with zero attached hydrogens (tertiary/aromatic N) is 3. The Morgan fingerprint density at radius 2 is 1.94 bits per heavy atom. The fraction of sp³-hybridized carbons (Fsp3) is 0.440. The van der Waals surface area contributed by atoms with Gasteiger partial charge in [-0.15, -0.1) is 0 Å². The summed E-state index contributed by atoms with van der Waals surface area (Å²) < 4.78 is 37.5. The fourth-order valence-electron chi connectivity index (χ4n) is 5.39. The highest BCUT2D eigenvalue weighted by molar-refractivity contribution is 6.31. The van der Waals surface area contributed by atoms with Gasteiger partial charge in [-0.05, 0) is 37.1 Å². The maximum absolute atomic E-state index is 13.6. The van der Waals surface area contributed by atoms with Crippen molar-refractivity contribution in [2.24, 2.45) is 0 Å². The molecule has 3 fully saturated rings. The van der Waals surface area contributed by atoms with Gasteiger partial charge in [0.1, 0.15) is 24.6 Å². The van der Waals surface area contributed by atoms with Gasteiger partial charge in [-0.2, -0.15) is 0 Å². The minimum Gasteiger partial charge on any atom is -0.493 e. The molecule has 1 saturated carbocycles. The van der Waals surface area contributed by atoms with E-state index in [1.807, 2.05) is 12.1 Å². The molecule has 1 N–H and O–H groups in total. The van der Waals surface area contributed by atoms with Crippen LogP contribution in [0.1, 0.15) is 19.3 Å². The molecule has 3 heterocycles. The molecule has 10 heteroatoms. The predicted molar refractivity (Wildman–Crippen MR) is 129 cm³/mol. The number of anilines is 2. The van der Waals surface area contributed by atoms with Crippen molar-refractivity contribution in [1.82, 2.24) is 14.9 Å². The van der Waals surface area contributed by atoms with Crippen LogP contribution in [0.4, 0.5) is 15.9 Å². The summed E-state index contributed by atoms with van der Waals surface area (Å²) in [7, 11) is 1.60. The highest BCUT2D eigenvalue weighted by atomic mass is 35.5. The van der Waals surface area contributed by atoms with Crippen molar-refractivity contribution in [3.05, 3.63) is 47.5 Å². The van der Waals surface area contributed by atoms with Crippen LogP contribution in [0, 0.1) is 5.82 Å². The van der Waals surface area contributed by atoms with Gasteiger partial charge < -0.3 is 24.3 Å². The molecule has 2 aliphatic heterocycles. The summed E-state index contributed by atoms with van der Waals surface area (Å²) in [5.41, 5.74) is 1.29. The third-order valence-electron chi connectivity index (χ3n) is 7.22. The van der Waals surface area contributed by atoms with E-state index in [2.05, 4.69) is 20.2 Å². The molecule has 2 spiro atoms. The van der Waals surface area contributed by atoms with E-state index in [9.17, 15) is 4.39 Å². The molecule has 0 atom stereocenters. The van der Waals surface area contributed by atoms with Gasteiger partial charge in [-0.3, -0.25) is 4.90 Å². The Balaban J connectivity index is 1.21. The minimum absolute atomic E-state index is 0.0122. The van der Waals surface area contributed by atoms with E-state index in [0.717, 1.165) is 37.7 Å². The smallest absolute Gasteiger partial charge is 0.188 e. The first kappa shape index (κ1) is 22.7. The van der Waals surface area contributed by atoms with Gasteiger partial charge in [-0.25, -0.2) is 14.4 Å². The Bertz CT molecular complexity index is 1270. The second kappa shape index (κ2) is 8.74. The number of ether oxygens (including phenoxy) is 4. The highest BCUT2D eigenvalue weighted by Crippen LogP contribution is 2.58. The van der Waals surface area contributed by atoms with Crippen LogP contribution < -0.4 is 14.8 Å². The minimum atomic E-state index is -0.479. The van der Waals surface area contributed by atoms with E-state index < -0.39 is 11.6 Å². The van der Waals surface area contributed by atoms with Gasteiger partial charge in [0.15, 0.2) is 17.3 Å². The van der Waals surface area contributed by atoms with Crippen molar-refractivity contribution in [2.45, 2.75) is 30.6 Å². The Morgan fingerprint density at radius 3 is 2.69 bits per heavy atom. The molecule has 8 nitrogen and oxygen atoms in total. The van der Waals surface area contributed by atoms with Crippen LogP contribution in [0.2, 0.25) is 5.02 Å². The predicted octanol–water partition coefficient (Wildman–Crippen LogP) is 4.53. The van der Waals surface area contributed by atoms with Crippen molar-refractivity contribution < 1.29 is 23.3 Å². The van der Waals surface area contributed by atoms with Crippen molar-refractivity contribution in [1.29, 1.82) is 0 Å².